The highest BCUT2D eigenvalue weighted by atomic mass is 127. The smallest absolute Gasteiger partial charge is 0.191 e. The van der Waals surface area contributed by atoms with E-state index in [0.717, 1.165) is 49.5 Å². The summed E-state index contributed by atoms with van der Waals surface area (Å²) in [5.41, 5.74) is 2.48. The Balaban J connectivity index is 0.00000261. The number of anilines is 1. The summed E-state index contributed by atoms with van der Waals surface area (Å²) in [4.78, 5) is 7.14. The number of nitrogens with one attached hydrogen (secondary N) is 2. The third-order valence-corrected chi connectivity index (χ3v) is 5.17. The standard InChI is InChI=1S/C19H27BrN6.HI/c1-3-21-19(22-10-8-15-12-23-25(2)13-15)24-16-9-11-26(14-16)18-7-5-4-6-17(18)20;/h4-7,12-13,16H,3,8-11,14H2,1-2H3,(H2,21,22,24);1H. The summed E-state index contributed by atoms with van der Waals surface area (Å²) >= 11 is 3.66. The van der Waals surface area contributed by atoms with Gasteiger partial charge in [-0.25, -0.2) is 0 Å². The topological polar surface area (TPSA) is 57.5 Å². The van der Waals surface area contributed by atoms with Crippen molar-refractivity contribution in [2.45, 2.75) is 25.8 Å². The van der Waals surface area contributed by atoms with E-state index in [4.69, 9.17) is 4.99 Å². The molecule has 1 aromatic heterocycles. The lowest BCUT2D eigenvalue weighted by Crippen LogP contribution is -2.44. The Kier molecular flexibility index (Phi) is 8.88. The van der Waals surface area contributed by atoms with Gasteiger partial charge in [0.05, 0.1) is 11.9 Å². The van der Waals surface area contributed by atoms with Gasteiger partial charge >= 0.3 is 0 Å². The Labute approximate surface area is 187 Å². The second-order valence-corrected chi connectivity index (χ2v) is 7.41. The fourth-order valence-electron chi connectivity index (χ4n) is 3.22. The Morgan fingerprint density at radius 3 is 2.89 bits per heavy atom. The van der Waals surface area contributed by atoms with E-state index in [1.165, 1.54) is 11.3 Å². The van der Waals surface area contributed by atoms with Crippen LogP contribution in [0.5, 0.6) is 0 Å². The zero-order valence-corrected chi connectivity index (χ0v) is 19.8. The van der Waals surface area contributed by atoms with Crippen LogP contribution in [-0.2, 0) is 13.5 Å². The molecule has 1 aliphatic rings. The van der Waals surface area contributed by atoms with Gasteiger partial charge in [0.2, 0.25) is 0 Å². The first-order valence-electron chi connectivity index (χ1n) is 9.17. The summed E-state index contributed by atoms with van der Waals surface area (Å²) in [7, 11) is 1.94. The summed E-state index contributed by atoms with van der Waals surface area (Å²) in [6.45, 7) is 5.74. The van der Waals surface area contributed by atoms with Crippen LogP contribution in [-0.4, -0.2) is 48.0 Å². The molecule has 1 aromatic carbocycles. The molecule has 148 valence electrons. The number of benzene rings is 1. The first-order chi connectivity index (χ1) is 12.7. The average molecular weight is 547 g/mol. The molecule has 8 heteroatoms. The number of aromatic nitrogens is 2. The number of halogens is 2. The fourth-order valence-corrected chi connectivity index (χ4v) is 3.75. The van der Waals surface area contributed by atoms with Crippen molar-refractivity contribution in [1.29, 1.82) is 0 Å². The summed E-state index contributed by atoms with van der Waals surface area (Å²) < 4.78 is 2.98. The van der Waals surface area contributed by atoms with Crippen LogP contribution < -0.4 is 15.5 Å². The van der Waals surface area contributed by atoms with Crippen LogP contribution in [0.4, 0.5) is 5.69 Å². The van der Waals surface area contributed by atoms with Crippen molar-refractivity contribution >= 4 is 51.6 Å². The van der Waals surface area contributed by atoms with Crippen molar-refractivity contribution in [2.24, 2.45) is 12.0 Å². The van der Waals surface area contributed by atoms with E-state index >= 15 is 0 Å². The Bertz CT molecular complexity index is 747. The van der Waals surface area contributed by atoms with Gasteiger partial charge < -0.3 is 15.5 Å². The molecule has 1 fully saturated rings. The Hall–Kier alpha value is -1.29. The summed E-state index contributed by atoms with van der Waals surface area (Å²) in [6.07, 6.45) is 5.96. The van der Waals surface area contributed by atoms with Crippen molar-refractivity contribution in [3.05, 3.63) is 46.7 Å². The minimum atomic E-state index is 0. The Morgan fingerprint density at radius 2 is 2.19 bits per heavy atom. The van der Waals surface area contributed by atoms with Gasteiger partial charge in [0.1, 0.15) is 0 Å². The van der Waals surface area contributed by atoms with E-state index in [0.29, 0.717) is 6.04 Å². The van der Waals surface area contributed by atoms with Crippen molar-refractivity contribution in [2.75, 3.05) is 31.1 Å². The van der Waals surface area contributed by atoms with Gasteiger partial charge in [0.25, 0.3) is 0 Å². The highest BCUT2D eigenvalue weighted by Crippen LogP contribution is 2.28. The third-order valence-electron chi connectivity index (χ3n) is 4.50. The molecule has 3 rings (SSSR count). The zero-order chi connectivity index (χ0) is 18.4. The van der Waals surface area contributed by atoms with Crippen LogP contribution in [0.3, 0.4) is 0 Å². The van der Waals surface area contributed by atoms with E-state index in [2.05, 4.69) is 67.8 Å². The summed E-state index contributed by atoms with van der Waals surface area (Å²) in [5, 5.41) is 11.2. The quantitative estimate of drug-likeness (QED) is 0.332. The van der Waals surface area contributed by atoms with Crippen molar-refractivity contribution in [1.82, 2.24) is 20.4 Å². The SMILES string of the molecule is CCNC(=NCCc1cnn(C)c1)NC1CCN(c2ccccc2Br)C1.I. The molecule has 1 unspecified atom stereocenters. The first-order valence-corrected chi connectivity index (χ1v) is 9.97. The number of hydrogen-bond acceptors (Lipinski definition) is 3. The molecule has 1 atom stereocenters. The lowest BCUT2D eigenvalue weighted by Gasteiger charge is -2.21. The summed E-state index contributed by atoms with van der Waals surface area (Å²) in [6, 6.07) is 8.81. The third kappa shape index (κ3) is 6.38. The van der Waals surface area contributed by atoms with Gasteiger partial charge in [-0.3, -0.25) is 9.67 Å². The van der Waals surface area contributed by atoms with E-state index in [-0.39, 0.29) is 24.0 Å². The van der Waals surface area contributed by atoms with Crippen LogP contribution in [0.2, 0.25) is 0 Å². The molecule has 0 radical (unpaired) electrons. The normalized spacial score (nSPS) is 16.9. The van der Waals surface area contributed by atoms with Crippen molar-refractivity contribution < 1.29 is 0 Å². The monoisotopic (exact) mass is 546 g/mol. The molecule has 2 heterocycles. The molecule has 1 aliphatic heterocycles. The number of aryl methyl sites for hydroxylation is 1. The van der Waals surface area contributed by atoms with Crippen LogP contribution in [0.25, 0.3) is 0 Å². The molecule has 0 aliphatic carbocycles. The maximum absolute atomic E-state index is 4.73. The lowest BCUT2D eigenvalue weighted by atomic mass is 10.2. The van der Waals surface area contributed by atoms with Crippen molar-refractivity contribution in [3.63, 3.8) is 0 Å². The largest absolute Gasteiger partial charge is 0.368 e. The highest BCUT2D eigenvalue weighted by molar-refractivity contribution is 14.0. The number of hydrogen-bond donors (Lipinski definition) is 2. The van der Waals surface area contributed by atoms with Crippen LogP contribution >= 0.6 is 39.9 Å². The zero-order valence-electron chi connectivity index (χ0n) is 15.9. The molecule has 1 saturated heterocycles. The molecule has 0 bridgehead atoms. The molecule has 0 saturated carbocycles. The second kappa shape index (κ2) is 10.9. The maximum atomic E-state index is 4.73. The first kappa shape index (κ1) is 22.0. The molecule has 2 N–H and O–H groups in total. The minimum absolute atomic E-state index is 0. The molecular formula is C19H28BrIN6. The fraction of sp³-hybridized carbons (Fsp3) is 0.474. The number of para-hydroxylation sites is 1. The molecule has 2 aromatic rings. The molecule has 0 spiro atoms. The van der Waals surface area contributed by atoms with Gasteiger partial charge in [-0.15, -0.1) is 24.0 Å². The van der Waals surface area contributed by atoms with Crippen LogP contribution in [0.1, 0.15) is 18.9 Å². The maximum Gasteiger partial charge on any atom is 0.191 e. The van der Waals surface area contributed by atoms with Crippen LogP contribution in [0.15, 0.2) is 46.1 Å². The van der Waals surface area contributed by atoms with E-state index < -0.39 is 0 Å². The predicted octanol–water partition coefficient (Wildman–Crippen LogP) is 3.18. The average Bonchev–Trinajstić information content (AvgIpc) is 3.25. The predicted molar refractivity (Wildman–Crippen MR) is 126 cm³/mol. The second-order valence-electron chi connectivity index (χ2n) is 6.56. The van der Waals surface area contributed by atoms with Gasteiger partial charge in [0, 0.05) is 49.9 Å². The van der Waals surface area contributed by atoms with E-state index in [1.54, 1.807) is 0 Å². The lowest BCUT2D eigenvalue weighted by molar-refractivity contribution is 0.649. The molecule has 0 amide bonds. The summed E-state index contributed by atoms with van der Waals surface area (Å²) in [5.74, 6) is 0.898. The van der Waals surface area contributed by atoms with Gasteiger partial charge in [-0.05, 0) is 53.4 Å². The number of rotatable bonds is 6. The molecule has 6 nitrogen and oxygen atoms in total. The minimum Gasteiger partial charge on any atom is -0.368 e. The van der Waals surface area contributed by atoms with Gasteiger partial charge in [-0.1, -0.05) is 12.1 Å². The highest BCUT2D eigenvalue weighted by Gasteiger charge is 2.24. The van der Waals surface area contributed by atoms with Gasteiger partial charge in [0.15, 0.2) is 5.96 Å². The number of nitrogens with zero attached hydrogens (tertiary/aromatic N) is 4. The van der Waals surface area contributed by atoms with E-state index in [1.807, 2.05) is 24.1 Å². The van der Waals surface area contributed by atoms with Crippen LogP contribution in [0, 0.1) is 0 Å². The Morgan fingerprint density at radius 1 is 1.37 bits per heavy atom. The molecule has 27 heavy (non-hydrogen) atoms. The number of aliphatic imine (C=N–C) groups is 1. The number of guanidine groups is 1. The van der Waals surface area contributed by atoms with E-state index in [9.17, 15) is 0 Å². The molecular weight excluding hydrogens is 519 g/mol. The van der Waals surface area contributed by atoms with Gasteiger partial charge in [-0.2, -0.15) is 5.10 Å². The van der Waals surface area contributed by atoms with Crippen molar-refractivity contribution in [3.8, 4) is 0 Å².